The molecule has 0 spiro atoms. The molecule has 3 saturated heterocycles. The summed E-state index contributed by atoms with van der Waals surface area (Å²) in [6, 6.07) is 9.74. The zero-order valence-electron chi connectivity index (χ0n) is 15.8. The number of hydrogen-bond donors (Lipinski definition) is 1. The van der Waals surface area contributed by atoms with Crippen LogP contribution in [-0.4, -0.2) is 55.0 Å². The Hall–Kier alpha value is -1.59. The van der Waals surface area contributed by atoms with E-state index in [0.717, 1.165) is 25.4 Å². The van der Waals surface area contributed by atoms with Crippen LogP contribution < -0.4 is 10.5 Å². The maximum Gasteiger partial charge on any atom is 0.223 e. The summed E-state index contributed by atoms with van der Waals surface area (Å²) in [4.78, 5) is 17.2. The summed E-state index contributed by atoms with van der Waals surface area (Å²) < 4.78 is 5.32. The zero-order chi connectivity index (χ0) is 18.1. The molecular weight excluding hydrogens is 326 g/mol. The highest BCUT2D eigenvalue weighted by atomic mass is 16.5. The lowest BCUT2D eigenvalue weighted by Gasteiger charge is -2.55. The summed E-state index contributed by atoms with van der Waals surface area (Å²) in [6.07, 6.45) is 5.54. The number of likely N-dealkylation sites (tertiary alicyclic amines) is 1. The largest absolute Gasteiger partial charge is 0.497 e. The smallest absolute Gasteiger partial charge is 0.223 e. The minimum atomic E-state index is 0.248. The molecule has 2 bridgehead atoms. The Bertz CT molecular complexity index is 633. The van der Waals surface area contributed by atoms with Crippen LogP contribution in [0.15, 0.2) is 24.3 Å². The molecule has 142 valence electrons. The molecule has 5 heteroatoms. The third-order valence-electron chi connectivity index (χ3n) is 6.60. The summed E-state index contributed by atoms with van der Waals surface area (Å²) in [5.74, 6) is 2.39. The van der Waals surface area contributed by atoms with Gasteiger partial charge in [-0.25, -0.2) is 0 Å². The minimum Gasteiger partial charge on any atom is -0.497 e. The van der Waals surface area contributed by atoms with Gasteiger partial charge in [0.1, 0.15) is 5.75 Å². The Morgan fingerprint density at radius 3 is 2.73 bits per heavy atom. The van der Waals surface area contributed by atoms with E-state index in [2.05, 4.69) is 34.1 Å². The minimum absolute atomic E-state index is 0.248. The van der Waals surface area contributed by atoms with E-state index in [1.165, 1.54) is 31.2 Å². The predicted molar refractivity (Wildman–Crippen MR) is 102 cm³/mol. The Balaban J connectivity index is 1.51. The van der Waals surface area contributed by atoms with E-state index >= 15 is 0 Å². The van der Waals surface area contributed by atoms with E-state index in [1.54, 1.807) is 7.11 Å². The Labute approximate surface area is 156 Å². The first kappa shape index (κ1) is 17.8. The molecule has 1 aromatic rings. The maximum atomic E-state index is 12.4. The van der Waals surface area contributed by atoms with Crippen LogP contribution in [0.3, 0.4) is 0 Å². The summed E-state index contributed by atoms with van der Waals surface area (Å²) >= 11 is 0. The standard InChI is InChI=1S/C21H31N3O2/c1-26-18-7-5-16(6-8-18)19-3-2-4-20-17-11-15(13-24(19)20)12-23(14-17)21(25)9-10-22/h5-8,15,17,19-20H,2-4,9-14,22H2,1H3/t15-,17+,19+,20-/m0/s1. The first-order chi connectivity index (χ1) is 12.7. The molecule has 1 aromatic carbocycles. The Morgan fingerprint density at radius 2 is 2.00 bits per heavy atom. The van der Waals surface area contributed by atoms with Gasteiger partial charge < -0.3 is 15.4 Å². The van der Waals surface area contributed by atoms with Gasteiger partial charge in [-0.1, -0.05) is 12.1 Å². The first-order valence-electron chi connectivity index (χ1n) is 10.1. The van der Waals surface area contributed by atoms with Crippen molar-refractivity contribution in [2.45, 2.75) is 44.2 Å². The number of amides is 1. The van der Waals surface area contributed by atoms with E-state index in [4.69, 9.17) is 10.5 Å². The van der Waals surface area contributed by atoms with Gasteiger partial charge in [0.15, 0.2) is 0 Å². The molecule has 0 unspecified atom stereocenters. The van der Waals surface area contributed by atoms with Crippen LogP contribution >= 0.6 is 0 Å². The van der Waals surface area contributed by atoms with Crippen LogP contribution in [0.5, 0.6) is 5.75 Å². The molecule has 0 saturated carbocycles. The number of piperidine rings is 3. The van der Waals surface area contributed by atoms with Crippen molar-refractivity contribution >= 4 is 5.91 Å². The first-order valence-corrected chi connectivity index (χ1v) is 10.1. The molecule has 4 rings (SSSR count). The highest BCUT2D eigenvalue weighted by molar-refractivity contribution is 5.76. The molecule has 0 radical (unpaired) electrons. The summed E-state index contributed by atoms with van der Waals surface area (Å²) in [5, 5.41) is 0. The van der Waals surface area contributed by atoms with Gasteiger partial charge in [0.2, 0.25) is 5.91 Å². The van der Waals surface area contributed by atoms with E-state index < -0.39 is 0 Å². The summed E-state index contributed by atoms with van der Waals surface area (Å²) in [5.41, 5.74) is 7.01. The molecule has 0 aliphatic carbocycles. The molecule has 3 fully saturated rings. The molecule has 4 atom stereocenters. The molecule has 3 aliphatic rings. The van der Waals surface area contributed by atoms with Crippen molar-refractivity contribution in [3.8, 4) is 5.75 Å². The molecule has 3 aliphatic heterocycles. The fourth-order valence-corrected chi connectivity index (χ4v) is 5.48. The average molecular weight is 357 g/mol. The van der Waals surface area contributed by atoms with Crippen LogP contribution in [-0.2, 0) is 4.79 Å². The van der Waals surface area contributed by atoms with Gasteiger partial charge >= 0.3 is 0 Å². The molecule has 3 heterocycles. The SMILES string of the molecule is COc1ccc([C@H]2CCC[C@H]3[C@@H]4C[C@@H](CN(C(=O)CCN)C4)CN23)cc1. The number of hydrogen-bond acceptors (Lipinski definition) is 4. The maximum absolute atomic E-state index is 12.4. The Morgan fingerprint density at radius 1 is 1.19 bits per heavy atom. The lowest BCUT2D eigenvalue weighted by Crippen LogP contribution is -2.60. The van der Waals surface area contributed by atoms with E-state index in [1.807, 2.05) is 0 Å². The number of nitrogens with zero attached hydrogens (tertiary/aromatic N) is 2. The van der Waals surface area contributed by atoms with Crippen molar-refractivity contribution in [2.24, 2.45) is 17.6 Å². The van der Waals surface area contributed by atoms with Gasteiger partial charge in [0, 0.05) is 44.7 Å². The number of ether oxygens (including phenoxy) is 1. The number of fused-ring (bicyclic) bond motifs is 4. The van der Waals surface area contributed by atoms with Crippen molar-refractivity contribution < 1.29 is 9.53 Å². The van der Waals surface area contributed by atoms with E-state index in [-0.39, 0.29) is 5.91 Å². The molecule has 1 amide bonds. The lowest BCUT2D eigenvalue weighted by molar-refractivity contribution is -0.138. The number of carbonyl (C=O) groups excluding carboxylic acids is 1. The Kier molecular flexibility index (Phi) is 5.18. The number of methoxy groups -OCH3 is 1. The molecule has 0 aromatic heterocycles. The topological polar surface area (TPSA) is 58.8 Å². The normalized spacial score (nSPS) is 31.4. The quantitative estimate of drug-likeness (QED) is 0.899. The zero-order valence-corrected chi connectivity index (χ0v) is 15.8. The highest BCUT2D eigenvalue weighted by Crippen LogP contribution is 2.44. The predicted octanol–water partition coefficient (Wildman–Crippen LogP) is 2.42. The number of rotatable bonds is 4. The fraction of sp³-hybridized carbons (Fsp3) is 0.667. The third kappa shape index (κ3) is 3.35. The average Bonchev–Trinajstić information content (AvgIpc) is 2.68. The van der Waals surface area contributed by atoms with Gasteiger partial charge in [-0.15, -0.1) is 0 Å². The van der Waals surface area contributed by atoms with Crippen LogP contribution in [0.2, 0.25) is 0 Å². The second-order valence-corrected chi connectivity index (χ2v) is 8.18. The van der Waals surface area contributed by atoms with Crippen LogP contribution in [0, 0.1) is 11.8 Å². The van der Waals surface area contributed by atoms with Crippen molar-refractivity contribution in [1.82, 2.24) is 9.80 Å². The van der Waals surface area contributed by atoms with Crippen LogP contribution in [0.1, 0.15) is 43.7 Å². The monoisotopic (exact) mass is 357 g/mol. The van der Waals surface area contributed by atoms with Crippen LogP contribution in [0.4, 0.5) is 0 Å². The number of nitrogens with two attached hydrogens (primary N) is 1. The molecule has 5 nitrogen and oxygen atoms in total. The van der Waals surface area contributed by atoms with E-state index in [9.17, 15) is 4.79 Å². The number of carbonyl (C=O) groups is 1. The fourth-order valence-electron chi connectivity index (χ4n) is 5.48. The highest BCUT2D eigenvalue weighted by Gasteiger charge is 2.45. The summed E-state index contributed by atoms with van der Waals surface area (Å²) in [7, 11) is 1.72. The van der Waals surface area contributed by atoms with Gasteiger partial charge in [-0.2, -0.15) is 0 Å². The second-order valence-electron chi connectivity index (χ2n) is 8.18. The lowest BCUT2D eigenvalue weighted by atomic mass is 9.74. The van der Waals surface area contributed by atoms with Crippen molar-refractivity contribution in [2.75, 3.05) is 33.3 Å². The molecular formula is C21H31N3O2. The molecule has 26 heavy (non-hydrogen) atoms. The third-order valence-corrected chi connectivity index (χ3v) is 6.60. The summed E-state index contributed by atoms with van der Waals surface area (Å²) in [6.45, 7) is 3.41. The van der Waals surface area contributed by atoms with Crippen molar-refractivity contribution in [3.05, 3.63) is 29.8 Å². The van der Waals surface area contributed by atoms with Crippen molar-refractivity contribution in [1.29, 1.82) is 0 Å². The van der Waals surface area contributed by atoms with Crippen molar-refractivity contribution in [3.63, 3.8) is 0 Å². The van der Waals surface area contributed by atoms with Gasteiger partial charge in [0.05, 0.1) is 7.11 Å². The van der Waals surface area contributed by atoms with Gasteiger partial charge in [0.25, 0.3) is 0 Å². The second kappa shape index (κ2) is 7.57. The van der Waals surface area contributed by atoms with Gasteiger partial charge in [-0.3, -0.25) is 9.69 Å². The molecule has 2 N–H and O–H groups in total. The number of benzene rings is 1. The van der Waals surface area contributed by atoms with Gasteiger partial charge in [-0.05, 0) is 55.2 Å². The van der Waals surface area contributed by atoms with E-state index in [0.29, 0.717) is 36.9 Å². The van der Waals surface area contributed by atoms with Crippen LogP contribution in [0.25, 0.3) is 0 Å².